The van der Waals surface area contributed by atoms with Gasteiger partial charge in [0.15, 0.2) is 0 Å². The van der Waals surface area contributed by atoms with E-state index in [2.05, 4.69) is 51.2 Å². The topological polar surface area (TPSA) is 74.6 Å². The van der Waals surface area contributed by atoms with Gasteiger partial charge in [-0.05, 0) is 133 Å². The summed E-state index contributed by atoms with van der Waals surface area (Å²) >= 11 is 6.48. The number of benzene rings is 2. The Morgan fingerprint density at radius 1 is 1.17 bits per heavy atom. The van der Waals surface area contributed by atoms with Crippen molar-refractivity contribution in [3.8, 4) is 5.75 Å². The molecule has 47 heavy (non-hydrogen) atoms. The van der Waals surface area contributed by atoms with Gasteiger partial charge in [-0.1, -0.05) is 43.7 Å². The van der Waals surface area contributed by atoms with Gasteiger partial charge in [0, 0.05) is 48.0 Å². The Morgan fingerprint density at radius 2 is 2.00 bits per heavy atom. The summed E-state index contributed by atoms with van der Waals surface area (Å²) in [5, 5.41) is 0.517. The number of carbonyl (C=O) groups is 1. The van der Waals surface area contributed by atoms with Crippen LogP contribution >= 0.6 is 11.6 Å². The first-order valence-corrected chi connectivity index (χ1v) is 19.6. The number of allylic oxidation sites excluding steroid dienone is 1. The average molecular weight is 680 g/mol. The van der Waals surface area contributed by atoms with Crippen molar-refractivity contribution < 1.29 is 18.8 Å². The van der Waals surface area contributed by atoms with E-state index >= 15 is 0 Å². The number of anilines is 1. The van der Waals surface area contributed by atoms with Crippen LogP contribution in [0, 0.1) is 17.8 Å². The standard InChI is InChI=1S/C38H50ClN3O4S/c1-26-8-5-17-38(45-3,24-41-18-7-19-41)33-13-10-30(33)22-42-23-37(16-6-9-28-20-31(39)12-14-32(28)37)25-46-35-15-11-29(21-34(35)42)36(43)40-47(4,44)27(26)2/h5,11-12,14-15,17,20-21,26-27,30,33H,4,6-10,13,16,18-19,22-25H2,1-3H3,(H,40,43,44). The molecule has 254 valence electrons. The van der Waals surface area contributed by atoms with Crippen LogP contribution in [0.1, 0.15) is 73.9 Å². The van der Waals surface area contributed by atoms with Gasteiger partial charge in [-0.2, -0.15) is 4.36 Å². The van der Waals surface area contributed by atoms with Gasteiger partial charge in [0.25, 0.3) is 5.91 Å². The van der Waals surface area contributed by atoms with Gasteiger partial charge in [-0.3, -0.25) is 4.79 Å². The third-order valence-electron chi connectivity index (χ3n) is 12.1. The van der Waals surface area contributed by atoms with Crippen molar-refractivity contribution in [2.45, 2.75) is 75.1 Å². The Hall–Kier alpha value is -2.36. The molecule has 1 amide bonds. The molecule has 7 unspecified atom stereocenters. The predicted molar refractivity (Wildman–Crippen MR) is 193 cm³/mol. The van der Waals surface area contributed by atoms with Gasteiger partial charge in [-0.15, -0.1) is 0 Å². The summed E-state index contributed by atoms with van der Waals surface area (Å²) in [6, 6.07) is 12.0. The molecule has 1 spiro atoms. The number of carbonyl (C=O) groups excluding carboxylic acids is 1. The molecule has 2 aromatic rings. The van der Waals surface area contributed by atoms with Crippen LogP contribution in [0.2, 0.25) is 5.02 Å². The molecule has 9 heteroatoms. The van der Waals surface area contributed by atoms with Gasteiger partial charge in [0.05, 0.1) is 12.3 Å². The number of nitrogens with zero attached hydrogens (tertiary/aromatic N) is 3. The lowest BCUT2D eigenvalue weighted by Crippen LogP contribution is -2.58. The largest absolute Gasteiger partial charge is 0.490 e. The van der Waals surface area contributed by atoms with Crippen molar-refractivity contribution in [1.82, 2.24) is 4.90 Å². The number of methoxy groups -OCH3 is 1. The summed E-state index contributed by atoms with van der Waals surface area (Å²) < 4.78 is 29.2. The van der Waals surface area contributed by atoms with Gasteiger partial charge in [0.1, 0.15) is 11.4 Å². The van der Waals surface area contributed by atoms with E-state index in [-0.39, 0.29) is 16.6 Å². The van der Waals surface area contributed by atoms with Crippen molar-refractivity contribution in [1.29, 1.82) is 0 Å². The number of rotatable bonds is 3. The zero-order chi connectivity index (χ0) is 33.0. The number of halogens is 1. The van der Waals surface area contributed by atoms with Crippen LogP contribution in [-0.2, 0) is 26.3 Å². The molecule has 2 aliphatic carbocycles. The molecular weight excluding hydrogens is 630 g/mol. The van der Waals surface area contributed by atoms with Crippen LogP contribution in [0.5, 0.6) is 5.75 Å². The Kier molecular flexibility index (Phi) is 9.05. The smallest absolute Gasteiger partial charge is 0.284 e. The summed E-state index contributed by atoms with van der Waals surface area (Å²) in [6.07, 6.45) is 11.9. The summed E-state index contributed by atoms with van der Waals surface area (Å²) in [4.78, 5) is 18.7. The fourth-order valence-corrected chi connectivity index (χ4v) is 10.4. The maximum absolute atomic E-state index is 13.7. The number of amides is 1. The van der Waals surface area contributed by atoms with Crippen LogP contribution in [0.3, 0.4) is 0 Å². The van der Waals surface area contributed by atoms with E-state index in [1.165, 1.54) is 17.5 Å². The minimum Gasteiger partial charge on any atom is -0.490 e. The number of hydrogen-bond donors (Lipinski definition) is 1. The third kappa shape index (κ3) is 6.18. The molecule has 1 saturated heterocycles. The van der Waals surface area contributed by atoms with E-state index < -0.39 is 21.2 Å². The van der Waals surface area contributed by atoms with E-state index in [9.17, 15) is 9.35 Å². The number of likely N-dealkylation sites (tertiary alicyclic amines) is 1. The molecule has 7 rings (SSSR count). The van der Waals surface area contributed by atoms with E-state index in [0.29, 0.717) is 24.0 Å². The maximum atomic E-state index is 13.7. The fraction of sp³-hybridized carbons (Fsp3) is 0.579. The molecule has 0 radical (unpaired) electrons. The highest BCUT2D eigenvalue weighted by Crippen LogP contribution is 2.49. The molecule has 1 saturated carbocycles. The molecule has 2 aromatic carbocycles. The Bertz CT molecular complexity index is 1680. The minimum atomic E-state index is -2.80. The molecule has 3 heterocycles. The lowest BCUT2D eigenvalue weighted by Gasteiger charge is -2.52. The molecule has 1 N–H and O–H groups in total. The number of aryl methyl sites for hydroxylation is 1. The molecule has 2 bridgehead atoms. The first-order valence-electron chi connectivity index (χ1n) is 17.4. The van der Waals surface area contributed by atoms with Crippen molar-refractivity contribution in [2.75, 3.05) is 51.3 Å². The molecule has 0 aromatic heterocycles. The fourth-order valence-electron chi connectivity index (χ4n) is 8.75. The minimum absolute atomic E-state index is 0.0873. The second-order valence-electron chi connectivity index (χ2n) is 15.0. The summed E-state index contributed by atoms with van der Waals surface area (Å²) in [5.41, 5.74) is 3.42. The van der Waals surface area contributed by atoms with Crippen molar-refractivity contribution in [3.63, 3.8) is 0 Å². The van der Waals surface area contributed by atoms with Crippen LogP contribution in [0.25, 0.3) is 0 Å². The van der Waals surface area contributed by atoms with Crippen LogP contribution in [0.4, 0.5) is 5.69 Å². The lowest BCUT2D eigenvalue weighted by molar-refractivity contribution is -0.0985. The highest BCUT2D eigenvalue weighted by atomic mass is 35.5. The molecule has 7 atom stereocenters. The second-order valence-corrected chi connectivity index (χ2v) is 17.8. The summed E-state index contributed by atoms with van der Waals surface area (Å²) in [5.74, 6) is 5.33. The van der Waals surface area contributed by atoms with Crippen molar-refractivity contribution in [3.05, 3.63) is 70.3 Å². The quantitative estimate of drug-likeness (QED) is 0.271. The van der Waals surface area contributed by atoms with Gasteiger partial charge >= 0.3 is 0 Å². The first-order chi connectivity index (χ1) is 22.5. The van der Waals surface area contributed by atoms with Gasteiger partial charge < -0.3 is 23.8 Å². The zero-order valence-corrected chi connectivity index (χ0v) is 29.7. The molecule has 5 aliphatic rings. The molecule has 7 nitrogen and oxygen atoms in total. The van der Waals surface area contributed by atoms with Crippen LogP contribution in [0.15, 0.2) is 52.9 Å². The molecular formula is C38H50ClN3O4S. The van der Waals surface area contributed by atoms with E-state index in [0.717, 1.165) is 87.7 Å². The first kappa shape index (κ1) is 33.2. The van der Waals surface area contributed by atoms with E-state index in [1.807, 2.05) is 32.2 Å². The van der Waals surface area contributed by atoms with E-state index in [4.69, 9.17) is 21.1 Å². The van der Waals surface area contributed by atoms with Crippen LogP contribution < -0.4 is 9.64 Å². The highest BCUT2D eigenvalue weighted by molar-refractivity contribution is 7.98. The maximum Gasteiger partial charge on any atom is 0.284 e. The predicted octanol–water partition coefficient (Wildman–Crippen LogP) is 7.30. The van der Waals surface area contributed by atoms with Crippen molar-refractivity contribution in [2.24, 2.45) is 22.1 Å². The summed E-state index contributed by atoms with van der Waals surface area (Å²) in [6.45, 7) is 9.39. The highest BCUT2D eigenvalue weighted by Gasteiger charge is 2.50. The Balaban J connectivity index is 1.34. The Morgan fingerprint density at radius 3 is 2.72 bits per heavy atom. The van der Waals surface area contributed by atoms with Crippen molar-refractivity contribution >= 4 is 38.8 Å². The third-order valence-corrected chi connectivity index (χ3v) is 14.5. The number of fused-ring (bicyclic) bond motifs is 4. The SMILES string of the molecule is C=S1(O)=NC(=O)c2ccc3c(c2)N(CC2CCC2C(CN2CCC2)(OC)C=CCC(C)C1C)CC1(CCCc2cc(Cl)ccc21)CO3. The number of ether oxygens (including phenoxy) is 2. The normalized spacial score (nSPS) is 35.9. The zero-order valence-electron chi connectivity index (χ0n) is 28.1. The number of hydrogen-bond acceptors (Lipinski definition) is 5. The molecule has 3 aliphatic heterocycles. The second kappa shape index (κ2) is 12.8. The lowest BCUT2D eigenvalue weighted by atomic mass is 9.63. The Labute approximate surface area is 286 Å². The van der Waals surface area contributed by atoms with Crippen LogP contribution in [-0.4, -0.2) is 78.5 Å². The van der Waals surface area contributed by atoms with E-state index in [1.54, 1.807) is 6.07 Å². The summed E-state index contributed by atoms with van der Waals surface area (Å²) in [7, 11) is -0.914. The molecule has 2 fully saturated rings. The average Bonchev–Trinajstić information content (AvgIpc) is 3.16. The van der Waals surface area contributed by atoms with Gasteiger partial charge in [-0.25, -0.2) is 0 Å². The monoisotopic (exact) mass is 679 g/mol. The van der Waals surface area contributed by atoms with Gasteiger partial charge in [0.2, 0.25) is 0 Å².